The number of rotatable bonds is 13. The van der Waals surface area contributed by atoms with Crippen LogP contribution in [0, 0.1) is 0 Å². The quantitative estimate of drug-likeness (QED) is 0.207. The maximum absolute atomic E-state index is 13.3. The summed E-state index contributed by atoms with van der Waals surface area (Å²) >= 11 is 2.76. The molecule has 0 aromatic heterocycles. The van der Waals surface area contributed by atoms with Crippen molar-refractivity contribution in [2.45, 2.75) is 75.5 Å². The monoisotopic (exact) mass is 544 g/mol. The van der Waals surface area contributed by atoms with E-state index in [0.717, 1.165) is 25.7 Å². The normalized spacial score (nSPS) is 20.9. The minimum atomic E-state index is -0.954. The number of amides is 6. The van der Waals surface area contributed by atoms with Crippen molar-refractivity contribution in [3.8, 4) is 0 Å². The molecule has 11 nitrogen and oxygen atoms in total. The number of likely N-dealkylation sites (tertiary alicyclic amines) is 1. The highest BCUT2D eigenvalue weighted by Crippen LogP contribution is 2.21. The van der Waals surface area contributed by atoms with E-state index in [0.29, 0.717) is 31.7 Å². The molecule has 1 aliphatic heterocycles. The van der Waals surface area contributed by atoms with Crippen LogP contribution in [0.1, 0.15) is 51.4 Å². The van der Waals surface area contributed by atoms with Gasteiger partial charge in [0.1, 0.15) is 12.1 Å². The predicted molar refractivity (Wildman–Crippen MR) is 143 cm³/mol. The molecule has 2 rings (SSSR count). The minimum Gasteiger partial charge on any atom is -0.368 e. The maximum atomic E-state index is 13.3. The molecule has 2 fully saturated rings. The van der Waals surface area contributed by atoms with Crippen LogP contribution in [0.4, 0.5) is 4.79 Å². The summed E-state index contributed by atoms with van der Waals surface area (Å²) < 4.78 is 0. The van der Waals surface area contributed by atoms with Gasteiger partial charge in [-0.25, -0.2) is 4.79 Å². The first kappa shape index (κ1) is 30.1. The minimum absolute atomic E-state index is 0.100. The molecule has 0 radical (unpaired) electrons. The molecule has 0 aromatic carbocycles. The van der Waals surface area contributed by atoms with Crippen molar-refractivity contribution in [3.05, 3.63) is 0 Å². The van der Waals surface area contributed by atoms with Gasteiger partial charge in [-0.3, -0.25) is 19.2 Å². The van der Waals surface area contributed by atoms with Gasteiger partial charge in [0, 0.05) is 19.1 Å². The first-order valence-corrected chi connectivity index (χ1v) is 15.3. The lowest BCUT2D eigenvalue weighted by Crippen LogP contribution is -2.59. The second-order valence-electron chi connectivity index (χ2n) is 9.20. The number of nitrogens with zero attached hydrogens (tertiary/aromatic N) is 1. The van der Waals surface area contributed by atoms with Crippen LogP contribution in [0.25, 0.3) is 0 Å². The van der Waals surface area contributed by atoms with E-state index in [4.69, 9.17) is 5.73 Å². The maximum Gasteiger partial charge on any atom is 0.315 e. The molecule has 6 N–H and O–H groups in total. The standard InChI is InChI=1S/C23H40N6O5S2/c1-35-13-18(30)25-11-6-9-17(21(24)32)27-22(33)20-16(10-12-29(20)19(31)14-36-2)28-23(34)26-15-7-4-3-5-8-15/h15-17,20H,3-14H2,1-2H3,(H2,24,32)(H,25,30)(H,27,33)(H2,26,28,34)/t16-,17-,20-/m0/s1. The van der Waals surface area contributed by atoms with Gasteiger partial charge < -0.3 is 31.9 Å². The first-order valence-electron chi connectivity index (χ1n) is 12.5. The van der Waals surface area contributed by atoms with Gasteiger partial charge in [0.25, 0.3) is 0 Å². The third-order valence-corrected chi connectivity index (χ3v) is 7.53. The lowest BCUT2D eigenvalue weighted by atomic mass is 9.96. The number of primary amides is 1. The van der Waals surface area contributed by atoms with Crippen LogP contribution in [0.3, 0.4) is 0 Å². The largest absolute Gasteiger partial charge is 0.368 e. The fourth-order valence-corrected chi connectivity index (χ4v) is 5.43. The predicted octanol–water partition coefficient (Wildman–Crippen LogP) is 0.180. The van der Waals surface area contributed by atoms with Gasteiger partial charge in [-0.1, -0.05) is 19.3 Å². The summed E-state index contributed by atoms with van der Waals surface area (Å²) in [4.78, 5) is 63.8. The second-order valence-corrected chi connectivity index (χ2v) is 10.9. The van der Waals surface area contributed by atoms with E-state index in [1.165, 1.54) is 34.8 Å². The van der Waals surface area contributed by atoms with Crippen molar-refractivity contribution in [1.29, 1.82) is 0 Å². The van der Waals surface area contributed by atoms with Gasteiger partial charge in [-0.15, -0.1) is 0 Å². The highest BCUT2D eigenvalue weighted by molar-refractivity contribution is 7.99. The number of urea groups is 1. The third kappa shape index (κ3) is 9.72. The van der Waals surface area contributed by atoms with Crippen molar-refractivity contribution >= 4 is 53.2 Å². The third-order valence-electron chi connectivity index (χ3n) is 6.44. The number of thioether (sulfide) groups is 2. The molecular weight excluding hydrogens is 504 g/mol. The molecule has 3 atom stereocenters. The van der Waals surface area contributed by atoms with E-state index in [-0.39, 0.29) is 36.1 Å². The molecule has 0 bridgehead atoms. The van der Waals surface area contributed by atoms with E-state index >= 15 is 0 Å². The lowest BCUT2D eigenvalue weighted by molar-refractivity contribution is -0.138. The van der Waals surface area contributed by atoms with Gasteiger partial charge in [0.05, 0.1) is 17.5 Å². The molecule has 6 amide bonds. The highest BCUT2D eigenvalue weighted by Gasteiger charge is 2.43. The molecule has 0 spiro atoms. The SMILES string of the molecule is CSCC(=O)NCCC[C@H](NC(=O)[C@@H]1[C@@H](NC(=O)NC2CCCCC2)CCN1C(=O)CSC)C(N)=O. The zero-order valence-corrected chi connectivity index (χ0v) is 22.8. The Morgan fingerprint density at radius 1 is 0.972 bits per heavy atom. The van der Waals surface area contributed by atoms with E-state index < -0.39 is 29.9 Å². The van der Waals surface area contributed by atoms with Crippen LogP contribution >= 0.6 is 23.5 Å². The zero-order valence-electron chi connectivity index (χ0n) is 21.2. The van der Waals surface area contributed by atoms with Crippen LogP contribution in [0.2, 0.25) is 0 Å². The summed E-state index contributed by atoms with van der Waals surface area (Å²) in [6.45, 7) is 0.681. The number of hydrogen-bond donors (Lipinski definition) is 5. The van der Waals surface area contributed by atoms with Crippen LogP contribution in [-0.2, 0) is 19.2 Å². The summed E-state index contributed by atoms with van der Waals surface area (Å²) in [5.74, 6) is -0.971. The smallest absolute Gasteiger partial charge is 0.315 e. The van der Waals surface area contributed by atoms with E-state index in [2.05, 4.69) is 21.3 Å². The van der Waals surface area contributed by atoms with Gasteiger partial charge in [-0.05, 0) is 44.6 Å². The van der Waals surface area contributed by atoms with Crippen molar-refractivity contribution in [2.24, 2.45) is 5.73 Å². The molecule has 204 valence electrons. The second kappa shape index (κ2) is 15.9. The van der Waals surface area contributed by atoms with Gasteiger partial charge >= 0.3 is 6.03 Å². The summed E-state index contributed by atoms with van der Waals surface area (Å²) in [5, 5.41) is 11.3. The Morgan fingerprint density at radius 2 is 1.67 bits per heavy atom. The number of nitrogens with two attached hydrogens (primary N) is 1. The van der Waals surface area contributed by atoms with Crippen LogP contribution in [0.5, 0.6) is 0 Å². The summed E-state index contributed by atoms with van der Waals surface area (Å²) in [6.07, 6.45) is 9.93. The Hall–Kier alpha value is -2.15. The van der Waals surface area contributed by atoms with Crippen LogP contribution in [0.15, 0.2) is 0 Å². The summed E-state index contributed by atoms with van der Waals surface area (Å²) in [7, 11) is 0. The number of hydrogen-bond acceptors (Lipinski definition) is 7. The Balaban J connectivity index is 2.01. The molecule has 13 heteroatoms. The first-order chi connectivity index (χ1) is 17.3. The Kier molecular flexibility index (Phi) is 13.2. The molecule has 0 aromatic rings. The van der Waals surface area contributed by atoms with Crippen molar-refractivity contribution in [1.82, 2.24) is 26.2 Å². The fourth-order valence-electron chi connectivity index (χ4n) is 4.66. The Bertz CT molecular complexity index is 780. The molecule has 2 aliphatic rings. The van der Waals surface area contributed by atoms with Crippen molar-refractivity contribution in [3.63, 3.8) is 0 Å². The average Bonchev–Trinajstić information content (AvgIpc) is 3.25. The van der Waals surface area contributed by atoms with E-state index in [1.54, 1.807) is 6.26 Å². The van der Waals surface area contributed by atoms with E-state index in [9.17, 15) is 24.0 Å². The number of carbonyl (C=O) groups is 5. The van der Waals surface area contributed by atoms with E-state index in [1.807, 2.05) is 6.26 Å². The van der Waals surface area contributed by atoms with Crippen LogP contribution in [-0.4, -0.2) is 95.8 Å². The molecule has 1 aliphatic carbocycles. The Labute approximate surface area is 221 Å². The lowest BCUT2D eigenvalue weighted by Gasteiger charge is -2.30. The van der Waals surface area contributed by atoms with Gasteiger partial charge in [-0.2, -0.15) is 23.5 Å². The molecule has 36 heavy (non-hydrogen) atoms. The van der Waals surface area contributed by atoms with Crippen LogP contribution < -0.4 is 27.0 Å². The Morgan fingerprint density at radius 3 is 2.31 bits per heavy atom. The molecule has 1 saturated carbocycles. The molecule has 1 heterocycles. The average molecular weight is 545 g/mol. The summed E-state index contributed by atoms with van der Waals surface area (Å²) in [6, 6.07) is -2.72. The van der Waals surface area contributed by atoms with Crippen molar-refractivity contribution in [2.75, 3.05) is 37.1 Å². The molecule has 1 saturated heterocycles. The van der Waals surface area contributed by atoms with Gasteiger partial charge in [0.15, 0.2) is 0 Å². The topological polar surface area (TPSA) is 163 Å². The van der Waals surface area contributed by atoms with Gasteiger partial charge in [0.2, 0.25) is 23.6 Å². The zero-order chi connectivity index (χ0) is 26.5. The van der Waals surface area contributed by atoms with Crippen molar-refractivity contribution < 1.29 is 24.0 Å². The molecular formula is C23H40N6O5S2. The fraction of sp³-hybridized carbons (Fsp3) is 0.783. The number of carbonyl (C=O) groups excluding carboxylic acids is 5. The molecule has 0 unspecified atom stereocenters. The highest BCUT2D eigenvalue weighted by atomic mass is 32.2. The summed E-state index contributed by atoms with van der Waals surface area (Å²) in [5.41, 5.74) is 5.53. The number of nitrogens with one attached hydrogen (secondary N) is 4.